The molecule has 4 heteroatoms. The highest BCUT2D eigenvalue weighted by molar-refractivity contribution is 5.77. The Labute approximate surface area is 66.8 Å². The number of rotatable bonds is 4. The minimum Gasteiger partial charge on any atom is -0.479 e. The summed E-state index contributed by atoms with van der Waals surface area (Å²) < 4.78 is 4.87. The van der Waals surface area contributed by atoms with Crippen LogP contribution in [0.4, 0.5) is 0 Å². The van der Waals surface area contributed by atoms with E-state index in [1.807, 2.05) is 0 Å². The molecule has 0 radical (unpaired) electrons. The van der Waals surface area contributed by atoms with Crippen LogP contribution in [0.25, 0.3) is 0 Å². The van der Waals surface area contributed by atoms with Crippen molar-refractivity contribution in [2.45, 2.75) is 12.5 Å². The molecular formula is C7H15NO3. The van der Waals surface area contributed by atoms with Crippen molar-refractivity contribution in [3.8, 4) is 0 Å². The van der Waals surface area contributed by atoms with Crippen molar-refractivity contribution < 1.29 is 14.6 Å². The molecule has 1 atom stereocenters. The second-order valence-corrected chi connectivity index (χ2v) is 2.98. The second kappa shape index (κ2) is 3.69. The number of ether oxygens (including phenoxy) is 1. The molecule has 0 saturated carbocycles. The molecule has 0 aliphatic carbocycles. The highest BCUT2D eigenvalue weighted by atomic mass is 16.5. The molecule has 1 N–H and O–H groups in total. The zero-order valence-electron chi connectivity index (χ0n) is 7.42. The van der Waals surface area contributed by atoms with Crippen LogP contribution in [-0.2, 0) is 9.53 Å². The number of carbonyl (C=O) groups is 1. The van der Waals surface area contributed by atoms with Gasteiger partial charge in [0, 0.05) is 13.7 Å². The normalized spacial score (nSPS) is 16.5. The van der Waals surface area contributed by atoms with Crippen LogP contribution in [0.15, 0.2) is 0 Å². The van der Waals surface area contributed by atoms with Gasteiger partial charge in [0.15, 0.2) is 5.60 Å². The quantitative estimate of drug-likeness (QED) is 0.632. The van der Waals surface area contributed by atoms with Crippen LogP contribution in [-0.4, -0.2) is 49.3 Å². The van der Waals surface area contributed by atoms with Crippen LogP contribution in [0.5, 0.6) is 0 Å². The third kappa shape index (κ3) is 2.86. The molecule has 0 heterocycles. The Kier molecular flexibility index (Phi) is 3.48. The van der Waals surface area contributed by atoms with Crippen molar-refractivity contribution >= 4 is 5.97 Å². The van der Waals surface area contributed by atoms with Gasteiger partial charge in [-0.25, -0.2) is 4.79 Å². The van der Waals surface area contributed by atoms with E-state index in [0.29, 0.717) is 6.54 Å². The number of hydrogen-bond donors (Lipinski definition) is 1. The zero-order valence-corrected chi connectivity index (χ0v) is 7.42. The highest BCUT2D eigenvalue weighted by Crippen LogP contribution is 2.09. The summed E-state index contributed by atoms with van der Waals surface area (Å²) in [6.45, 7) is 1.92. The minimum atomic E-state index is -1.09. The summed E-state index contributed by atoms with van der Waals surface area (Å²) in [5.41, 5.74) is -1.09. The lowest BCUT2D eigenvalue weighted by Gasteiger charge is -2.26. The van der Waals surface area contributed by atoms with Crippen molar-refractivity contribution in [2.75, 3.05) is 27.7 Å². The largest absolute Gasteiger partial charge is 0.479 e. The van der Waals surface area contributed by atoms with Crippen molar-refractivity contribution in [3.05, 3.63) is 0 Å². The number of carboxylic acids is 1. The van der Waals surface area contributed by atoms with E-state index in [9.17, 15) is 4.79 Å². The molecule has 0 saturated heterocycles. The summed E-state index contributed by atoms with van der Waals surface area (Å²) in [6.07, 6.45) is 0. The average Bonchev–Trinajstić information content (AvgIpc) is 1.86. The predicted octanol–water partition coefficient (Wildman–Crippen LogP) is 0.0377. The topological polar surface area (TPSA) is 49.8 Å². The van der Waals surface area contributed by atoms with E-state index >= 15 is 0 Å². The Bertz CT molecular complexity index is 147. The molecule has 0 spiro atoms. The van der Waals surface area contributed by atoms with E-state index in [1.54, 1.807) is 25.9 Å². The number of nitrogens with zero attached hydrogens (tertiary/aromatic N) is 1. The standard InChI is InChI=1S/C7H15NO3/c1-7(11-4,6(9)10)5-8(2)3/h5H2,1-4H3,(H,9,10). The van der Waals surface area contributed by atoms with E-state index in [1.165, 1.54) is 7.11 Å². The highest BCUT2D eigenvalue weighted by Gasteiger charge is 2.33. The van der Waals surface area contributed by atoms with Crippen molar-refractivity contribution in [1.82, 2.24) is 4.90 Å². The Balaban J connectivity index is 4.22. The fraction of sp³-hybridized carbons (Fsp3) is 0.857. The molecule has 0 bridgehead atoms. The fourth-order valence-electron chi connectivity index (χ4n) is 0.823. The molecule has 4 nitrogen and oxygen atoms in total. The lowest BCUT2D eigenvalue weighted by atomic mass is 10.1. The average molecular weight is 161 g/mol. The first kappa shape index (κ1) is 10.4. The SMILES string of the molecule is COC(C)(CN(C)C)C(=O)O. The molecule has 0 aromatic carbocycles. The van der Waals surface area contributed by atoms with Crippen LogP contribution < -0.4 is 0 Å². The zero-order chi connectivity index (χ0) is 9.07. The fourth-order valence-corrected chi connectivity index (χ4v) is 0.823. The maximum atomic E-state index is 10.6. The summed E-state index contributed by atoms with van der Waals surface area (Å²) in [4.78, 5) is 12.4. The van der Waals surface area contributed by atoms with Crippen LogP contribution in [0.3, 0.4) is 0 Å². The molecule has 0 aromatic rings. The Morgan fingerprint density at radius 3 is 2.18 bits per heavy atom. The van der Waals surface area contributed by atoms with Gasteiger partial charge < -0.3 is 14.7 Å². The first-order valence-corrected chi connectivity index (χ1v) is 3.35. The minimum absolute atomic E-state index is 0.374. The van der Waals surface area contributed by atoms with E-state index in [-0.39, 0.29) is 0 Å². The first-order chi connectivity index (χ1) is 4.92. The van der Waals surface area contributed by atoms with Gasteiger partial charge in [0.2, 0.25) is 0 Å². The van der Waals surface area contributed by atoms with Gasteiger partial charge in [0.25, 0.3) is 0 Å². The molecule has 0 aromatic heterocycles. The number of methoxy groups -OCH3 is 1. The number of aliphatic carboxylic acids is 1. The lowest BCUT2D eigenvalue weighted by Crippen LogP contribution is -2.46. The summed E-state index contributed by atoms with van der Waals surface area (Å²) in [5.74, 6) is -0.936. The van der Waals surface area contributed by atoms with Crippen molar-refractivity contribution in [1.29, 1.82) is 0 Å². The van der Waals surface area contributed by atoms with Crippen LogP contribution in [0.2, 0.25) is 0 Å². The molecule has 1 unspecified atom stereocenters. The maximum absolute atomic E-state index is 10.6. The van der Waals surface area contributed by atoms with Gasteiger partial charge in [-0.15, -0.1) is 0 Å². The predicted molar refractivity (Wildman–Crippen MR) is 41.6 cm³/mol. The molecular weight excluding hydrogens is 146 g/mol. The summed E-state index contributed by atoms with van der Waals surface area (Å²) in [7, 11) is 5.01. The third-order valence-electron chi connectivity index (χ3n) is 1.52. The van der Waals surface area contributed by atoms with E-state index in [0.717, 1.165) is 0 Å². The molecule has 0 fully saturated rings. The van der Waals surface area contributed by atoms with Crippen molar-refractivity contribution in [3.63, 3.8) is 0 Å². The van der Waals surface area contributed by atoms with Gasteiger partial charge in [-0.1, -0.05) is 0 Å². The molecule has 66 valence electrons. The van der Waals surface area contributed by atoms with Gasteiger partial charge in [-0.05, 0) is 21.0 Å². The summed E-state index contributed by atoms with van der Waals surface area (Å²) >= 11 is 0. The van der Waals surface area contributed by atoms with Gasteiger partial charge in [0.1, 0.15) is 0 Å². The smallest absolute Gasteiger partial charge is 0.337 e. The Morgan fingerprint density at radius 1 is 1.64 bits per heavy atom. The van der Waals surface area contributed by atoms with Crippen molar-refractivity contribution in [2.24, 2.45) is 0 Å². The molecule has 0 aliphatic heterocycles. The Hall–Kier alpha value is -0.610. The van der Waals surface area contributed by atoms with Gasteiger partial charge in [-0.3, -0.25) is 0 Å². The molecule has 0 amide bonds. The molecule has 0 aliphatic rings. The van der Waals surface area contributed by atoms with Gasteiger partial charge in [-0.2, -0.15) is 0 Å². The number of hydrogen-bond acceptors (Lipinski definition) is 3. The summed E-state index contributed by atoms with van der Waals surface area (Å²) in [6, 6.07) is 0. The van der Waals surface area contributed by atoms with Gasteiger partial charge >= 0.3 is 5.97 Å². The van der Waals surface area contributed by atoms with Crippen LogP contribution in [0, 0.1) is 0 Å². The Morgan fingerprint density at radius 2 is 2.09 bits per heavy atom. The number of carboxylic acid groups (broad SMARTS) is 1. The lowest BCUT2D eigenvalue weighted by molar-refractivity contribution is -0.161. The summed E-state index contributed by atoms with van der Waals surface area (Å²) in [5, 5.41) is 8.73. The van der Waals surface area contributed by atoms with E-state index < -0.39 is 11.6 Å². The third-order valence-corrected chi connectivity index (χ3v) is 1.52. The second-order valence-electron chi connectivity index (χ2n) is 2.98. The maximum Gasteiger partial charge on any atom is 0.337 e. The first-order valence-electron chi connectivity index (χ1n) is 3.35. The van der Waals surface area contributed by atoms with E-state index in [2.05, 4.69) is 0 Å². The monoisotopic (exact) mass is 161 g/mol. The van der Waals surface area contributed by atoms with Gasteiger partial charge in [0.05, 0.1) is 0 Å². The molecule has 0 rings (SSSR count). The van der Waals surface area contributed by atoms with E-state index in [4.69, 9.17) is 9.84 Å². The van der Waals surface area contributed by atoms with Crippen LogP contribution >= 0.6 is 0 Å². The number of likely N-dealkylation sites (N-methyl/N-ethyl adjacent to an activating group) is 1. The van der Waals surface area contributed by atoms with Crippen LogP contribution in [0.1, 0.15) is 6.92 Å². The molecule has 11 heavy (non-hydrogen) atoms.